The van der Waals surface area contributed by atoms with Crippen molar-refractivity contribution in [1.82, 2.24) is 5.32 Å². The van der Waals surface area contributed by atoms with E-state index in [4.69, 9.17) is 9.47 Å². The second-order valence-corrected chi connectivity index (χ2v) is 5.17. The van der Waals surface area contributed by atoms with Crippen molar-refractivity contribution in [2.75, 3.05) is 20.3 Å². The molecule has 0 bridgehead atoms. The normalized spacial score (nSPS) is 20.4. The largest absolute Gasteiger partial charge is 0.493 e. The molecule has 2 unspecified atom stereocenters. The fourth-order valence-electron chi connectivity index (χ4n) is 2.49. The van der Waals surface area contributed by atoms with Crippen molar-refractivity contribution in [2.45, 2.75) is 44.8 Å². The Kier molecular flexibility index (Phi) is 5.67. The van der Waals surface area contributed by atoms with Crippen LogP contribution in [-0.4, -0.2) is 26.4 Å². The highest BCUT2D eigenvalue weighted by Gasteiger charge is 2.15. The molecule has 1 aromatic carbocycles. The van der Waals surface area contributed by atoms with E-state index in [2.05, 4.69) is 30.4 Å². The summed E-state index contributed by atoms with van der Waals surface area (Å²) in [7, 11) is 1.97. The zero-order valence-corrected chi connectivity index (χ0v) is 12.0. The van der Waals surface area contributed by atoms with E-state index in [0.29, 0.717) is 12.1 Å². The van der Waals surface area contributed by atoms with Crippen LogP contribution >= 0.6 is 0 Å². The third-order valence-corrected chi connectivity index (χ3v) is 3.77. The minimum atomic E-state index is 0.314. The lowest BCUT2D eigenvalue weighted by Crippen LogP contribution is -2.14. The Morgan fingerprint density at radius 1 is 1.42 bits per heavy atom. The SMILES string of the molecule is CNC(C)c1ccccc1OCCCC1CCCO1. The van der Waals surface area contributed by atoms with Crippen LogP contribution in [0.4, 0.5) is 0 Å². The number of ether oxygens (including phenoxy) is 2. The number of para-hydroxylation sites is 1. The molecule has 1 aliphatic heterocycles. The molecule has 106 valence electrons. The minimum absolute atomic E-state index is 0.314. The summed E-state index contributed by atoms with van der Waals surface area (Å²) in [5.41, 5.74) is 1.22. The van der Waals surface area contributed by atoms with E-state index in [-0.39, 0.29) is 0 Å². The molecule has 0 amide bonds. The van der Waals surface area contributed by atoms with Gasteiger partial charge in [-0.2, -0.15) is 0 Å². The molecule has 1 aliphatic rings. The third-order valence-electron chi connectivity index (χ3n) is 3.77. The molecule has 0 aliphatic carbocycles. The van der Waals surface area contributed by atoms with Gasteiger partial charge in [-0.05, 0) is 45.7 Å². The van der Waals surface area contributed by atoms with Crippen molar-refractivity contribution in [3.8, 4) is 5.75 Å². The van der Waals surface area contributed by atoms with Gasteiger partial charge in [-0.15, -0.1) is 0 Å². The van der Waals surface area contributed by atoms with E-state index in [0.717, 1.165) is 31.8 Å². The summed E-state index contributed by atoms with van der Waals surface area (Å²) < 4.78 is 11.5. The van der Waals surface area contributed by atoms with E-state index in [1.807, 2.05) is 13.1 Å². The van der Waals surface area contributed by atoms with Gasteiger partial charge in [0.25, 0.3) is 0 Å². The van der Waals surface area contributed by atoms with Crippen LogP contribution in [0.5, 0.6) is 5.75 Å². The molecule has 0 saturated carbocycles. The highest BCUT2D eigenvalue weighted by atomic mass is 16.5. The fraction of sp³-hybridized carbons (Fsp3) is 0.625. The number of hydrogen-bond acceptors (Lipinski definition) is 3. The van der Waals surface area contributed by atoms with Gasteiger partial charge in [-0.3, -0.25) is 0 Å². The number of nitrogens with one attached hydrogen (secondary N) is 1. The van der Waals surface area contributed by atoms with Gasteiger partial charge >= 0.3 is 0 Å². The molecule has 1 fully saturated rings. The van der Waals surface area contributed by atoms with Crippen molar-refractivity contribution in [3.05, 3.63) is 29.8 Å². The van der Waals surface area contributed by atoms with Crippen LogP contribution in [0.15, 0.2) is 24.3 Å². The fourth-order valence-corrected chi connectivity index (χ4v) is 2.49. The minimum Gasteiger partial charge on any atom is -0.493 e. The van der Waals surface area contributed by atoms with Gasteiger partial charge in [0.2, 0.25) is 0 Å². The van der Waals surface area contributed by atoms with Crippen LogP contribution in [0.2, 0.25) is 0 Å². The van der Waals surface area contributed by atoms with Crippen molar-refractivity contribution in [3.63, 3.8) is 0 Å². The molecule has 1 heterocycles. The lowest BCUT2D eigenvalue weighted by Gasteiger charge is -2.16. The maximum absolute atomic E-state index is 5.92. The molecule has 3 heteroatoms. The Labute approximate surface area is 116 Å². The molecule has 0 spiro atoms. The summed E-state index contributed by atoms with van der Waals surface area (Å²) in [5, 5.41) is 3.26. The first-order chi connectivity index (χ1) is 9.31. The van der Waals surface area contributed by atoms with E-state index >= 15 is 0 Å². The Morgan fingerprint density at radius 2 is 2.26 bits per heavy atom. The lowest BCUT2D eigenvalue weighted by atomic mass is 10.1. The lowest BCUT2D eigenvalue weighted by molar-refractivity contribution is 0.0980. The first-order valence-corrected chi connectivity index (χ1v) is 7.32. The number of hydrogen-bond donors (Lipinski definition) is 1. The standard InChI is InChI=1S/C16H25NO2/c1-13(17-2)15-9-3-4-10-16(15)19-12-6-8-14-7-5-11-18-14/h3-4,9-10,13-14,17H,5-8,11-12H2,1-2H3. The van der Waals surface area contributed by atoms with Gasteiger partial charge in [0.1, 0.15) is 5.75 Å². The molecule has 0 aromatic heterocycles. The summed E-state index contributed by atoms with van der Waals surface area (Å²) in [5.74, 6) is 0.997. The Balaban J connectivity index is 1.78. The molecule has 1 N–H and O–H groups in total. The molecule has 2 atom stereocenters. The average Bonchev–Trinajstić information content (AvgIpc) is 2.96. The van der Waals surface area contributed by atoms with Crippen LogP contribution in [0.1, 0.15) is 44.2 Å². The summed E-state index contributed by atoms with van der Waals surface area (Å²) in [6, 6.07) is 8.57. The van der Waals surface area contributed by atoms with Gasteiger partial charge in [-0.25, -0.2) is 0 Å². The van der Waals surface area contributed by atoms with E-state index in [9.17, 15) is 0 Å². The smallest absolute Gasteiger partial charge is 0.124 e. The van der Waals surface area contributed by atoms with Crippen LogP contribution < -0.4 is 10.1 Å². The molecule has 2 rings (SSSR count). The van der Waals surface area contributed by atoms with Crippen LogP contribution in [0.3, 0.4) is 0 Å². The monoisotopic (exact) mass is 263 g/mol. The van der Waals surface area contributed by atoms with Gasteiger partial charge in [0.05, 0.1) is 12.7 Å². The zero-order chi connectivity index (χ0) is 13.5. The average molecular weight is 263 g/mol. The van der Waals surface area contributed by atoms with Gasteiger partial charge in [0, 0.05) is 18.2 Å². The topological polar surface area (TPSA) is 30.5 Å². The highest BCUT2D eigenvalue weighted by molar-refractivity contribution is 5.35. The third kappa shape index (κ3) is 4.22. The Bertz CT molecular complexity index is 375. The van der Waals surface area contributed by atoms with E-state index < -0.39 is 0 Å². The molecule has 19 heavy (non-hydrogen) atoms. The van der Waals surface area contributed by atoms with Gasteiger partial charge in [0.15, 0.2) is 0 Å². The van der Waals surface area contributed by atoms with Gasteiger partial charge < -0.3 is 14.8 Å². The first kappa shape index (κ1) is 14.4. The zero-order valence-electron chi connectivity index (χ0n) is 12.0. The molecular formula is C16H25NO2. The van der Waals surface area contributed by atoms with Crippen molar-refractivity contribution >= 4 is 0 Å². The number of rotatable bonds is 7. The summed E-state index contributed by atoms with van der Waals surface area (Å²) >= 11 is 0. The van der Waals surface area contributed by atoms with Crippen molar-refractivity contribution in [2.24, 2.45) is 0 Å². The second-order valence-electron chi connectivity index (χ2n) is 5.17. The number of benzene rings is 1. The summed E-state index contributed by atoms with van der Waals surface area (Å²) in [6.07, 6.45) is 5.08. The molecule has 3 nitrogen and oxygen atoms in total. The van der Waals surface area contributed by atoms with E-state index in [1.54, 1.807) is 0 Å². The molecule has 1 aromatic rings. The maximum Gasteiger partial charge on any atom is 0.124 e. The molecular weight excluding hydrogens is 238 g/mol. The maximum atomic E-state index is 5.92. The Morgan fingerprint density at radius 3 is 3.00 bits per heavy atom. The van der Waals surface area contributed by atoms with Crippen molar-refractivity contribution < 1.29 is 9.47 Å². The van der Waals surface area contributed by atoms with Crippen molar-refractivity contribution in [1.29, 1.82) is 0 Å². The second kappa shape index (κ2) is 7.51. The van der Waals surface area contributed by atoms with Crippen LogP contribution in [0, 0.1) is 0 Å². The summed E-state index contributed by atoms with van der Waals surface area (Å²) in [4.78, 5) is 0. The quantitative estimate of drug-likeness (QED) is 0.766. The van der Waals surface area contributed by atoms with Crippen LogP contribution in [-0.2, 0) is 4.74 Å². The molecule has 0 radical (unpaired) electrons. The predicted molar refractivity (Wildman–Crippen MR) is 77.6 cm³/mol. The van der Waals surface area contributed by atoms with Crippen LogP contribution in [0.25, 0.3) is 0 Å². The summed E-state index contributed by atoms with van der Waals surface area (Å²) in [6.45, 7) is 3.86. The highest BCUT2D eigenvalue weighted by Crippen LogP contribution is 2.25. The first-order valence-electron chi connectivity index (χ1n) is 7.32. The van der Waals surface area contributed by atoms with Gasteiger partial charge in [-0.1, -0.05) is 18.2 Å². The van der Waals surface area contributed by atoms with E-state index in [1.165, 1.54) is 18.4 Å². The predicted octanol–water partition coefficient (Wildman–Crippen LogP) is 3.31. The molecule has 1 saturated heterocycles. The Hall–Kier alpha value is -1.06.